The number of halogens is 3. The molecule has 0 bridgehead atoms. The number of hydrogen-bond donors (Lipinski definition) is 1. The molecule has 0 spiro atoms. The van der Waals surface area contributed by atoms with Crippen molar-refractivity contribution in [3.8, 4) is 0 Å². The lowest BCUT2D eigenvalue weighted by Gasteiger charge is -2.11. The molecule has 1 aromatic heterocycles. The second-order valence-corrected chi connectivity index (χ2v) is 4.25. The Labute approximate surface area is 103 Å². The minimum Gasteiger partial charge on any atom is -0.340 e. The van der Waals surface area contributed by atoms with Crippen molar-refractivity contribution in [1.29, 1.82) is 0 Å². The molecule has 0 unspecified atom stereocenters. The molecule has 0 aliphatic carbocycles. The molecule has 2 rings (SSSR count). The molecule has 0 aliphatic rings. The largest absolute Gasteiger partial charge is 0.431 e. The van der Waals surface area contributed by atoms with Crippen molar-refractivity contribution in [2.24, 2.45) is 12.8 Å². The van der Waals surface area contributed by atoms with E-state index >= 15 is 0 Å². The van der Waals surface area contributed by atoms with E-state index in [1.165, 1.54) is 11.6 Å². The van der Waals surface area contributed by atoms with Gasteiger partial charge in [0.1, 0.15) is 5.69 Å². The fraction of sp³-hybridized carbons (Fsp3) is 0.385. The van der Waals surface area contributed by atoms with Crippen LogP contribution in [0.25, 0.3) is 10.9 Å². The van der Waals surface area contributed by atoms with Gasteiger partial charge in [-0.25, -0.2) is 0 Å². The summed E-state index contributed by atoms with van der Waals surface area (Å²) in [4.78, 5) is 0. The third kappa shape index (κ3) is 1.79. The molecule has 18 heavy (non-hydrogen) atoms. The molecule has 0 radical (unpaired) electrons. The van der Waals surface area contributed by atoms with Crippen LogP contribution in [0.5, 0.6) is 0 Å². The van der Waals surface area contributed by atoms with E-state index < -0.39 is 11.9 Å². The van der Waals surface area contributed by atoms with Gasteiger partial charge in [-0.3, -0.25) is 0 Å². The molecule has 0 amide bonds. The molecule has 98 valence electrons. The Hall–Kier alpha value is -1.49. The van der Waals surface area contributed by atoms with Gasteiger partial charge in [-0.1, -0.05) is 25.1 Å². The maximum absolute atomic E-state index is 13.1. The van der Waals surface area contributed by atoms with Crippen LogP contribution in [0.2, 0.25) is 0 Å². The zero-order chi connectivity index (χ0) is 13.5. The third-order valence-corrected chi connectivity index (χ3v) is 3.25. The van der Waals surface area contributed by atoms with Crippen LogP contribution in [0.1, 0.15) is 23.7 Å². The van der Waals surface area contributed by atoms with Crippen LogP contribution < -0.4 is 5.73 Å². The average molecular weight is 256 g/mol. The molecule has 0 aliphatic heterocycles. The summed E-state index contributed by atoms with van der Waals surface area (Å²) in [5, 5.41) is 0.603. The van der Waals surface area contributed by atoms with Crippen LogP contribution in [-0.4, -0.2) is 4.57 Å². The van der Waals surface area contributed by atoms with Crippen molar-refractivity contribution in [3.63, 3.8) is 0 Å². The third-order valence-electron chi connectivity index (χ3n) is 3.25. The highest BCUT2D eigenvalue weighted by molar-refractivity contribution is 5.88. The molecule has 2 nitrogen and oxygen atoms in total. The Morgan fingerprint density at radius 3 is 2.44 bits per heavy atom. The Morgan fingerprint density at radius 1 is 1.28 bits per heavy atom. The molecule has 0 saturated carbocycles. The van der Waals surface area contributed by atoms with Gasteiger partial charge in [0, 0.05) is 24.5 Å². The van der Waals surface area contributed by atoms with E-state index in [1.807, 2.05) is 13.0 Å². The summed E-state index contributed by atoms with van der Waals surface area (Å²) < 4.78 is 40.5. The highest BCUT2D eigenvalue weighted by Gasteiger charge is 2.38. The summed E-state index contributed by atoms with van der Waals surface area (Å²) in [6.07, 6.45) is -3.69. The maximum atomic E-state index is 13.1. The van der Waals surface area contributed by atoms with Crippen molar-refractivity contribution in [1.82, 2.24) is 4.57 Å². The minimum absolute atomic E-state index is 0.112. The van der Waals surface area contributed by atoms with E-state index in [-0.39, 0.29) is 12.1 Å². The molecule has 5 heteroatoms. The lowest BCUT2D eigenvalue weighted by Crippen LogP contribution is -2.15. The molecule has 1 aromatic carbocycles. The van der Waals surface area contributed by atoms with Crippen LogP contribution in [0.15, 0.2) is 18.2 Å². The van der Waals surface area contributed by atoms with E-state index in [9.17, 15) is 13.2 Å². The SMILES string of the molecule is CCc1cccc2c(CN)c(C(F)(F)F)n(C)c12. The summed E-state index contributed by atoms with van der Waals surface area (Å²) >= 11 is 0. The first-order valence-electron chi connectivity index (χ1n) is 5.78. The first-order chi connectivity index (χ1) is 8.41. The summed E-state index contributed by atoms with van der Waals surface area (Å²) in [5.41, 5.74) is 6.58. The average Bonchev–Trinajstić information content (AvgIpc) is 2.61. The number of nitrogens with zero attached hydrogens (tertiary/aromatic N) is 1. The molecule has 2 aromatic rings. The van der Waals surface area contributed by atoms with E-state index in [2.05, 4.69) is 0 Å². The fourth-order valence-electron chi connectivity index (χ4n) is 2.53. The monoisotopic (exact) mass is 256 g/mol. The minimum atomic E-state index is -4.38. The zero-order valence-corrected chi connectivity index (χ0v) is 10.3. The molecular formula is C13H15F3N2. The highest BCUT2D eigenvalue weighted by atomic mass is 19.4. The summed E-state index contributed by atoms with van der Waals surface area (Å²) in [5.74, 6) is 0. The first kappa shape index (κ1) is 13.0. The van der Waals surface area contributed by atoms with Gasteiger partial charge in [-0.2, -0.15) is 13.2 Å². The lowest BCUT2D eigenvalue weighted by molar-refractivity contribution is -0.143. The van der Waals surface area contributed by atoms with E-state index in [0.717, 1.165) is 5.56 Å². The number of aryl methyl sites for hydroxylation is 2. The Morgan fingerprint density at radius 2 is 1.94 bits per heavy atom. The van der Waals surface area contributed by atoms with Crippen LogP contribution in [0.4, 0.5) is 13.2 Å². The molecule has 0 saturated heterocycles. The molecule has 0 fully saturated rings. The molecule has 0 atom stereocenters. The number of nitrogens with two attached hydrogens (primary N) is 1. The Kier molecular flexibility index (Phi) is 3.11. The van der Waals surface area contributed by atoms with Gasteiger partial charge >= 0.3 is 6.18 Å². The topological polar surface area (TPSA) is 30.9 Å². The summed E-state index contributed by atoms with van der Waals surface area (Å²) in [6, 6.07) is 5.33. The lowest BCUT2D eigenvalue weighted by atomic mass is 10.1. The number of rotatable bonds is 2. The van der Waals surface area contributed by atoms with Gasteiger partial charge in [-0.05, 0) is 12.0 Å². The number of hydrogen-bond acceptors (Lipinski definition) is 1. The van der Waals surface area contributed by atoms with Crippen molar-refractivity contribution in [2.45, 2.75) is 26.1 Å². The van der Waals surface area contributed by atoms with E-state index in [4.69, 9.17) is 5.73 Å². The van der Waals surface area contributed by atoms with Gasteiger partial charge in [-0.15, -0.1) is 0 Å². The van der Waals surface area contributed by atoms with Crippen LogP contribution in [0, 0.1) is 0 Å². The van der Waals surface area contributed by atoms with Gasteiger partial charge in [0.05, 0.1) is 5.52 Å². The summed E-state index contributed by atoms with van der Waals surface area (Å²) in [7, 11) is 1.45. The summed E-state index contributed by atoms with van der Waals surface area (Å²) in [6.45, 7) is 1.82. The van der Waals surface area contributed by atoms with Crippen LogP contribution in [0.3, 0.4) is 0 Å². The van der Waals surface area contributed by atoms with Crippen LogP contribution >= 0.6 is 0 Å². The van der Waals surface area contributed by atoms with Gasteiger partial charge < -0.3 is 10.3 Å². The fourth-order valence-corrected chi connectivity index (χ4v) is 2.53. The number of fused-ring (bicyclic) bond motifs is 1. The van der Waals surface area contributed by atoms with Crippen molar-refractivity contribution in [2.75, 3.05) is 0 Å². The quantitative estimate of drug-likeness (QED) is 0.878. The molecular weight excluding hydrogens is 241 g/mol. The van der Waals surface area contributed by atoms with Gasteiger partial charge in [0.25, 0.3) is 0 Å². The first-order valence-corrected chi connectivity index (χ1v) is 5.78. The molecule has 1 heterocycles. The number of benzene rings is 1. The van der Waals surface area contributed by atoms with E-state index in [0.29, 0.717) is 17.3 Å². The predicted octanol–water partition coefficient (Wildman–Crippen LogP) is 3.22. The van der Waals surface area contributed by atoms with Crippen molar-refractivity contribution in [3.05, 3.63) is 35.0 Å². The van der Waals surface area contributed by atoms with Crippen molar-refractivity contribution < 1.29 is 13.2 Å². The second-order valence-electron chi connectivity index (χ2n) is 4.25. The normalized spacial score (nSPS) is 12.3. The predicted molar refractivity (Wildman–Crippen MR) is 65.2 cm³/mol. The number of para-hydroxylation sites is 1. The number of alkyl halides is 3. The van der Waals surface area contributed by atoms with Crippen molar-refractivity contribution >= 4 is 10.9 Å². The zero-order valence-electron chi connectivity index (χ0n) is 10.3. The van der Waals surface area contributed by atoms with Gasteiger partial charge in [0.15, 0.2) is 0 Å². The Bertz CT molecular complexity index is 582. The Balaban J connectivity index is 2.92. The second kappa shape index (κ2) is 4.31. The smallest absolute Gasteiger partial charge is 0.340 e. The van der Waals surface area contributed by atoms with E-state index in [1.54, 1.807) is 12.1 Å². The van der Waals surface area contributed by atoms with Crippen LogP contribution in [-0.2, 0) is 26.2 Å². The standard InChI is InChI=1S/C13H15F3N2/c1-3-8-5-4-6-9-10(7-17)12(13(14,15)16)18(2)11(8)9/h4-6H,3,7,17H2,1-2H3. The number of aromatic nitrogens is 1. The van der Waals surface area contributed by atoms with Gasteiger partial charge in [0.2, 0.25) is 0 Å². The highest BCUT2D eigenvalue weighted by Crippen LogP contribution is 2.38. The maximum Gasteiger partial charge on any atom is 0.431 e. The molecule has 2 N–H and O–H groups in total.